The number of rotatable bonds is 3. The molecule has 0 aliphatic heterocycles. The number of hydrogen-bond acceptors (Lipinski definition) is 4. The van der Waals surface area contributed by atoms with E-state index in [2.05, 4.69) is 17.1 Å². The van der Waals surface area contributed by atoms with Gasteiger partial charge in [-0.2, -0.15) is 0 Å². The molecule has 84 valence electrons. The van der Waals surface area contributed by atoms with E-state index in [0.717, 1.165) is 24.4 Å². The Labute approximate surface area is 93.5 Å². The lowest BCUT2D eigenvalue weighted by atomic mass is 10.2. The maximum absolute atomic E-state index is 9.54. The Hall–Kier alpha value is -2.04. The van der Waals surface area contributed by atoms with Crippen molar-refractivity contribution in [2.75, 3.05) is 5.73 Å². The van der Waals surface area contributed by atoms with Crippen LogP contribution in [0.25, 0.3) is 11.4 Å². The van der Waals surface area contributed by atoms with Gasteiger partial charge in [0.05, 0.1) is 5.69 Å². The quantitative estimate of drug-likeness (QED) is 0.606. The summed E-state index contributed by atoms with van der Waals surface area (Å²) in [5.41, 5.74) is 6.73. The van der Waals surface area contributed by atoms with Crippen LogP contribution in [-0.4, -0.2) is 19.9 Å². The number of nitrogen functional groups attached to an aromatic ring is 1. The molecule has 0 radical (unpaired) electrons. The van der Waals surface area contributed by atoms with Gasteiger partial charge in [-0.05, 0) is 24.6 Å². The molecule has 0 aliphatic carbocycles. The first-order valence-electron chi connectivity index (χ1n) is 5.19. The summed E-state index contributed by atoms with van der Waals surface area (Å²) in [5.74, 6) is 0.820. The van der Waals surface area contributed by atoms with Gasteiger partial charge in [0.1, 0.15) is 12.1 Å². The monoisotopic (exact) mass is 218 g/mol. The summed E-state index contributed by atoms with van der Waals surface area (Å²) in [7, 11) is 0. The van der Waals surface area contributed by atoms with Crippen LogP contribution >= 0.6 is 0 Å². The summed E-state index contributed by atoms with van der Waals surface area (Å²) < 4.78 is 1.95. The zero-order chi connectivity index (χ0) is 11.5. The third-order valence-electron chi connectivity index (χ3n) is 2.37. The second-order valence-electron chi connectivity index (χ2n) is 3.62. The molecular formula is C11H14N4O. The average Bonchev–Trinajstić information content (AvgIpc) is 2.71. The topological polar surface area (TPSA) is 77.0 Å². The number of aromatic hydroxyl groups is 1. The summed E-state index contributed by atoms with van der Waals surface area (Å²) in [4.78, 5) is 0. The highest BCUT2D eigenvalue weighted by Crippen LogP contribution is 2.26. The maximum Gasteiger partial charge on any atom is 0.163 e. The SMILES string of the molecule is CCCn1cnnc1-c1ccc(N)c(O)c1. The van der Waals surface area contributed by atoms with Crippen LogP contribution in [0.4, 0.5) is 5.69 Å². The largest absolute Gasteiger partial charge is 0.506 e. The molecule has 0 bridgehead atoms. The first-order chi connectivity index (χ1) is 7.72. The number of nitrogens with two attached hydrogens (primary N) is 1. The lowest BCUT2D eigenvalue weighted by Gasteiger charge is -2.06. The van der Waals surface area contributed by atoms with Crippen molar-refractivity contribution < 1.29 is 5.11 Å². The van der Waals surface area contributed by atoms with Crippen molar-refractivity contribution in [2.45, 2.75) is 19.9 Å². The van der Waals surface area contributed by atoms with E-state index in [1.807, 2.05) is 10.6 Å². The molecule has 16 heavy (non-hydrogen) atoms. The molecule has 2 aromatic rings. The lowest BCUT2D eigenvalue weighted by molar-refractivity contribution is 0.478. The number of phenolic OH excluding ortho intramolecular Hbond substituents is 1. The predicted molar refractivity (Wildman–Crippen MR) is 61.8 cm³/mol. The van der Waals surface area contributed by atoms with Gasteiger partial charge in [-0.3, -0.25) is 0 Å². The zero-order valence-electron chi connectivity index (χ0n) is 9.09. The minimum Gasteiger partial charge on any atom is -0.506 e. The Morgan fingerprint density at radius 2 is 2.25 bits per heavy atom. The molecule has 0 aliphatic rings. The number of aryl methyl sites for hydroxylation is 1. The minimum absolute atomic E-state index is 0.0727. The molecule has 0 saturated heterocycles. The molecule has 0 spiro atoms. The molecule has 0 amide bonds. The van der Waals surface area contributed by atoms with Crippen LogP contribution < -0.4 is 5.73 Å². The fourth-order valence-electron chi connectivity index (χ4n) is 1.57. The highest BCUT2D eigenvalue weighted by atomic mass is 16.3. The summed E-state index contributed by atoms with van der Waals surface area (Å²) in [6.45, 7) is 2.94. The van der Waals surface area contributed by atoms with Crippen molar-refractivity contribution in [1.82, 2.24) is 14.8 Å². The van der Waals surface area contributed by atoms with Gasteiger partial charge in [-0.25, -0.2) is 0 Å². The van der Waals surface area contributed by atoms with Gasteiger partial charge < -0.3 is 15.4 Å². The Bertz CT molecular complexity index is 492. The van der Waals surface area contributed by atoms with Crippen molar-refractivity contribution in [3.8, 4) is 17.1 Å². The molecule has 5 nitrogen and oxygen atoms in total. The standard InChI is InChI=1S/C11H14N4O/c1-2-5-15-7-13-14-11(15)8-3-4-9(12)10(16)6-8/h3-4,6-7,16H,2,5,12H2,1H3. The van der Waals surface area contributed by atoms with E-state index in [0.29, 0.717) is 5.69 Å². The van der Waals surface area contributed by atoms with E-state index in [1.165, 1.54) is 0 Å². The van der Waals surface area contributed by atoms with Gasteiger partial charge in [0, 0.05) is 12.1 Å². The van der Waals surface area contributed by atoms with Crippen molar-refractivity contribution in [3.63, 3.8) is 0 Å². The molecule has 2 rings (SSSR count). The van der Waals surface area contributed by atoms with Crippen LogP contribution in [0.2, 0.25) is 0 Å². The molecule has 1 heterocycles. The predicted octanol–water partition coefficient (Wildman–Crippen LogP) is 1.64. The fourth-order valence-corrected chi connectivity index (χ4v) is 1.57. The number of anilines is 1. The van der Waals surface area contributed by atoms with Gasteiger partial charge in [-0.1, -0.05) is 6.92 Å². The summed E-state index contributed by atoms with van der Waals surface area (Å²) in [5, 5.41) is 17.4. The highest BCUT2D eigenvalue weighted by molar-refractivity contribution is 5.64. The summed E-state index contributed by atoms with van der Waals surface area (Å²) in [6.07, 6.45) is 2.69. The normalized spacial score (nSPS) is 10.6. The maximum atomic E-state index is 9.54. The van der Waals surface area contributed by atoms with Crippen LogP contribution in [0.15, 0.2) is 24.5 Å². The molecule has 0 unspecified atom stereocenters. The smallest absolute Gasteiger partial charge is 0.163 e. The number of aromatic nitrogens is 3. The van der Waals surface area contributed by atoms with Crippen molar-refractivity contribution in [3.05, 3.63) is 24.5 Å². The van der Waals surface area contributed by atoms with Crippen LogP contribution in [0.3, 0.4) is 0 Å². The van der Waals surface area contributed by atoms with E-state index in [1.54, 1.807) is 18.5 Å². The van der Waals surface area contributed by atoms with Gasteiger partial charge in [0.25, 0.3) is 0 Å². The second kappa shape index (κ2) is 4.22. The Morgan fingerprint density at radius 3 is 2.94 bits per heavy atom. The molecule has 1 aromatic carbocycles. The van der Waals surface area contributed by atoms with E-state index < -0.39 is 0 Å². The number of hydrogen-bond donors (Lipinski definition) is 2. The third-order valence-corrected chi connectivity index (χ3v) is 2.37. The highest BCUT2D eigenvalue weighted by Gasteiger charge is 2.08. The summed E-state index contributed by atoms with van der Waals surface area (Å²) >= 11 is 0. The Kier molecular flexibility index (Phi) is 2.76. The van der Waals surface area contributed by atoms with Crippen LogP contribution in [-0.2, 0) is 6.54 Å². The third kappa shape index (κ3) is 1.84. The van der Waals surface area contributed by atoms with Crippen LogP contribution in [0, 0.1) is 0 Å². The molecule has 3 N–H and O–H groups in total. The fraction of sp³-hybridized carbons (Fsp3) is 0.273. The molecule has 0 atom stereocenters. The second-order valence-corrected chi connectivity index (χ2v) is 3.62. The van der Waals surface area contributed by atoms with Crippen molar-refractivity contribution in [2.24, 2.45) is 0 Å². The zero-order valence-corrected chi connectivity index (χ0v) is 9.09. The van der Waals surface area contributed by atoms with E-state index in [9.17, 15) is 5.11 Å². The lowest BCUT2D eigenvalue weighted by Crippen LogP contribution is -1.98. The van der Waals surface area contributed by atoms with Gasteiger partial charge >= 0.3 is 0 Å². The van der Waals surface area contributed by atoms with Gasteiger partial charge in [0.15, 0.2) is 5.82 Å². The minimum atomic E-state index is 0.0727. The van der Waals surface area contributed by atoms with Crippen molar-refractivity contribution in [1.29, 1.82) is 0 Å². The van der Waals surface area contributed by atoms with E-state index >= 15 is 0 Å². The van der Waals surface area contributed by atoms with Crippen LogP contribution in [0.1, 0.15) is 13.3 Å². The Morgan fingerprint density at radius 1 is 1.44 bits per heavy atom. The van der Waals surface area contributed by atoms with Gasteiger partial charge in [-0.15, -0.1) is 10.2 Å². The van der Waals surface area contributed by atoms with Crippen LogP contribution in [0.5, 0.6) is 5.75 Å². The van der Waals surface area contributed by atoms with Gasteiger partial charge in [0.2, 0.25) is 0 Å². The van der Waals surface area contributed by atoms with E-state index in [-0.39, 0.29) is 5.75 Å². The molecule has 1 aromatic heterocycles. The number of phenols is 1. The molecule has 0 saturated carbocycles. The van der Waals surface area contributed by atoms with Crippen molar-refractivity contribution >= 4 is 5.69 Å². The molecule has 0 fully saturated rings. The number of benzene rings is 1. The summed E-state index contributed by atoms with van der Waals surface area (Å²) in [6, 6.07) is 5.09. The van der Waals surface area contributed by atoms with E-state index in [4.69, 9.17) is 5.73 Å². The number of nitrogens with zero attached hydrogens (tertiary/aromatic N) is 3. The Balaban J connectivity index is 2.42. The molecule has 5 heteroatoms. The average molecular weight is 218 g/mol. The first-order valence-corrected chi connectivity index (χ1v) is 5.19. The molecular weight excluding hydrogens is 204 g/mol. The first kappa shape index (κ1) is 10.5.